The SMILES string of the molecule is CC(C)OC[C@@]1(CO)O[C@@H](C)C[C@H]1OP(=O)([O-])O[CH-][C@H]1O[C@@H](C)CC1OC(C)C.[W].[W]. The predicted molar refractivity (Wildman–Crippen MR) is 103 cm³/mol. The van der Waals surface area contributed by atoms with E-state index >= 15 is 0 Å². The summed E-state index contributed by atoms with van der Waals surface area (Å²) in [5, 5.41) is 9.90. The number of ether oxygens (including phenoxy) is 4. The molecule has 2 rings (SSSR count). The quantitative estimate of drug-likeness (QED) is 0.248. The van der Waals surface area contributed by atoms with E-state index in [2.05, 4.69) is 0 Å². The predicted octanol–water partition coefficient (Wildman–Crippen LogP) is 1.95. The number of phosphoric ester groups is 1. The molecule has 0 bridgehead atoms. The van der Waals surface area contributed by atoms with Crippen molar-refractivity contribution in [2.45, 2.75) is 103 Å². The molecule has 2 aliphatic heterocycles. The maximum atomic E-state index is 12.5. The van der Waals surface area contributed by atoms with E-state index in [-0.39, 0.29) is 85.7 Å². The van der Waals surface area contributed by atoms with Crippen molar-refractivity contribution in [3.8, 4) is 0 Å². The largest absolute Gasteiger partial charge is 0.758 e. The zero-order valence-electron chi connectivity index (χ0n) is 18.9. The Bertz CT molecular complexity index is 568. The molecule has 0 aliphatic carbocycles. The zero-order valence-corrected chi connectivity index (χ0v) is 25.7. The summed E-state index contributed by atoms with van der Waals surface area (Å²) in [7, 11) is -4.73. The minimum Gasteiger partial charge on any atom is -0.758 e. The molecule has 0 spiro atoms. The van der Waals surface area contributed by atoms with E-state index in [9.17, 15) is 14.6 Å². The Kier molecular flexibility index (Phi) is 14.6. The van der Waals surface area contributed by atoms with Gasteiger partial charge in [0.1, 0.15) is 11.7 Å². The van der Waals surface area contributed by atoms with Gasteiger partial charge in [0.25, 0.3) is 0 Å². The van der Waals surface area contributed by atoms with Gasteiger partial charge in [-0.25, -0.2) is 0 Å². The molecular weight excluding hydrogens is 771 g/mol. The van der Waals surface area contributed by atoms with E-state index in [1.807, 2.05) is 34.6 Å². The summed E-state index contributed by atoms with van der Waals surface area (Å²) in [6.45, 7) is 11.8. The second kappa shape index (κ2) is 14.0. The Balaban J connectivity index is 0.00000450. The van der Waals surface area contributed by atoms with Crippen molar-refractivity contribution in [2.75, 3.05) is 13.2 Å². The van der Waals surface area contributed by atoms with Crippen molar-refractivity contribution in [3.63, 3.8) is 0 Å². The molecule has 31 heavy (non-hydrogen) atoms. The Morgan fingerprint density at radius 1 is 1.16 bits per heavy atom. The second-order valence-corrected chi connectivity index (χ2v) is 9.72. The third kappa shape index (κ3) is 9.82. The van der Waals surface area contributed by atoms with Crippen LogP contribution in [0.2, 0.25) is 0 Å². The molecule has 0 radical (unpaired) electrons. The molecular formula is C19H35O9PW2-2. The fraction of sp³-hybridized carbons (Fsp3) is 0.947. The number of phosphoric acid groups is 1. The molecule has 2 unspecified atom stereocenters. The number of rotatable bonds is 11. The van der Waals surface area contributed by atoms with Crippen LogP contribution in [0.4, 0.5) is 0 Å². The molecule has 1 N–H and O–H groups in total. The van der Waals surface area contributed by atoms with Gasteiger partial charge in [-0.1, -0.05) is 0 Å². The first kappa shape index (κ1) is 32.3. The zero-order chi connectivity index (χ0) is 21.8. The van der Waals surface area contributed by atoms with Crippen molar-refractivity contribution in [3.05, 3.63) is 6.61 Å². The maximum Gasteiger partial charge on any atom is 0.237 e. The first-order chi connectivity index (χ1) is 13.5. The van der Waals surface area contributed by atoms with Gasteiger partial charge in [0.15, 0.2) is 0 Å². The van der Waals surface area contributed by atoms with Gasteiger partial charge in [-0.05, 0) is 54.1 Å². The average Bonchev–Trinajstić information content (AvgIpc) is 3.09. The normalized spacial score (nSPS) is 35.1. The molecule has 0 aromatic carbocycles. The van der Waals surface area contributed by atoms with Crippen molar-refractivity contribution < 1.29 is 84.7 Å². The molecule has 9 nitrogen and oxygen atoms in total. The number of aliphatic hydroxyl groups excluding tert-OH is 1. The van der Waals surface area contributed by atoms with E-state index in [1.165, 1.54) is 0 Å². The maximum absolute atomic E-state index is 12.5. The van der Waals surface area contributed by atoms with Crippen LogP contribution >= 0.6 is 7.82 Å². The number of hydrogen-bond donors (Lipinski definition) is 1. The van der Waals surface area contributed by atoms with E-state index in [0.717, 1.165) is 6.61 Å². The molecule has 0 aromatic heterocycles. The molecule has 0 aromatic rings. The van der Waals surface area contributed by atoms with Gasteiger partial charge in [-0.15, -0.1) is 0 Å². The summed E-state index contributed by atoms with van der Waals surface area (Å²) in [6.07, 6.45) is -1.42. The Morgan fingerprint density at radius 2 is 1.81 bits per heavy atom. The van der Waals surface area contributed by atoms with Gasteiger partial charge in [-0.3, -0.25) is 4.57 Å². The van der Waals surface area contributed by atoms with E-state index < -0.39 is 32.2 Å². The van der Waals surface area contributed by atoms with E-state index in [0.29, 0.717) is 6.42 Å². The molecule has 184 valence electrons. The monoisotopic (exact) mass is 806 g/mol. The van der Waals surface area contributed by atoms with Crippen LogP contribution in [0.3, 0.4) is 0 Å². The van der Waals surface area contributed by atoms with Gasteiger partial charge in [0.05, 0.1) is 43.7 Å². The van der Waals surface area contributed by atoms with Gasteiger partial charge < -0.3 is 38.0 Å². The second-order valence-electron chi connectivity index (χ2n) is 8.40. The van der Waals surface area contributed by atoms with Crippen molar-refractivity contribution in [1.29, 1.82) is 0 Å². The summed E-state index contributed by atoms with van der Waals surface area (Å²) in [5.74, 6) is 0. The standard InChI is InChI=1S/C19H36O9P.2W/c1-12(2)23-11-19(10-20)18(8-15(6)27-19)28-29(21,22)24-9-17-16(25-13(3)4)7-14(5)26-17;;/h9,12-18,20H,7-8,10-11H2,1-6H3,(H,21,22);;/q-1;;/p-1/t14-,15-,16?,17+,18+,19+;;/m0../s1. The summed E-state index contributed by atoms with van der Waals surface area (Å²) in [6, 6.07) is 0. The van der Waals surface area contributed by atoms with Crippen LogP contribution < -0.4 is 4.89 Å². The fourth-order valence-corrected chi connectivity index (χ4v) is 4.50. The van der Waals surface area contributed by atoms with Crippen LogP contribution in [0, 0.1) is 6.61 Å². The summed E-state index contributed by atoms with van der Waals surface area (Å²) < 4.78 is 45.6. The molecule has 2 heterocycles. The van der Waals surface area contributed by atoms with Crippen LogP contribution in [0.15, 0.2) is 0 Å². The van der Waals surface area contributed by atoms with Crippen molar-refractivity contribution >= 4 is 7.82 Å². The van der Waals surface area contributed by atoms with Crippen molar-refractivity contribution in [2.24, 2.45) is 0 Å². The molecule has 0 saturated carbocycles. The summed E-state index contributed by atoms with van der Waals surface area (Å²) >= 11 is 0. The van der Waals surface area contributed by atoms with Gasteiger partial charge >= 0.3 is 0 Å². The Labute approximate surface area is 214 Å². The van der Waals surface area contributed by atoms with Crippen LogP contribution in [0.5, 0.6) is 0 Å². The smallest absolute Gasteiger partial charge is 0.237 e. The molecule has 0 amide bonds. The van der Waals surface area contributed by atoms with Gasteiger partial charge in [-0.2, -0.15) is 6.61 Å². The minimum atomic E-state index is -4.73. The summed E-state index contributed by atoms with van der Waals surface area (Å²) in [4.78, 5) is 12.5. The van der Waals surface area contributed by atoms with Gasteiger partial charge in [0.2, 0.25) is 7.82 Å². The first-order valence-electron chi connectivity index (χ1n) is 10.2. The topological polar surface area (TPSA) is 116 Å². The van der Waals surface area contributed by atoms with Crippen LogP contribution in [0.25, 0.3) is 0 Å². The van der Waals surface area contributed by atoms with E-state index in [4.69, 9.17) is 28.0 Å². The van der Waals surface area contributed by atoms with Crippen LogP contribution in [0.1, 0.15) is 54.4 Å². The van der Waals surface area contributed by atoms with Crippen LogP contribution in [-0.2, 0) is 74.7 Å². The molecule has 2 aliphatic rings. The van der Waals surface area contributed by atoms with Crippen LogP contribution in [-0.4, -0.2) is 66.6 Å². The number of hydrogen-bond acceptors (Lipinski definition) is 9. The first-order valence-corrected chi connectivity index (χ1v) is 11.6. The molecule has 12 heteroatoms. The van der Waals surface area contributed by atoms with Crippen molar-refractivity contribution in [1.82, 2.24) is 0 Å². The van der Waals surface area contributed by atoms with E-state index in [1.54, 1.807) is 6.92 Å². The third-order valence-electron chi connectivity index (χ3n) is 4.84. The van der Waals surface area contributed by atoms with Gasteiger partial charge in [0, 0.05) is 48.6 Å². The minimum absolute atomic E-state index is 0. The molecule has 7 atom stereocenters. The number of aliphatic hydroxyl groups is 1. The Hall–Kier alpha value is 1.29. The fourth-order valence-electron chi connectivity index (χ4n) is 3.59. The molecule has 2 fully saturated rings. The summed E-state index contributed by atoms with van der Waals surface area (Å²) in [5.41, 5.74) is -1.27. The molecule has 2 saturated heterocycles. The Morgan fingerprint density at radius 3 is 2.35 bits per heavy atom. The average molecular weight is 806 g/mol. The third-order valence-corrected chi connectivity index (χ3v) is 5.74.